The van der Waals surface area contributed by atoms with Crippen LogP contribution in [0.3, 0.4) is 0 Å². The zero-order chi connectivity index (χ0) is 11.1. The summed E-state index contributed by atoms with van der Waals surface area (Å²) in [5.41, 5.74) is 0. The molecule has 1 aliphatic rings. The van der Waals surface area contributed by atoms with Gasteiger partial charge in [-0.25, -0.2) is 8.42 Å². The van der Waals surface area contributed by atoms with Crippen molar-refractivity contribution in [3.05, 3.63) is 17.5 Å². The number of carboxylic acids is 1. The molecule has 0 radical (unpaired) electrons. The van der Waals surface area contributed by atoms with Crippen LogP contribution in [0.1, 0.15) is 6.42 Å². The summed E-state index contributed by atoms with van der Waals surface area (Å²) >= 11 is 1.10. The average molecular weight is 247 g/mol. The molecule has 0 saturated carbocycles. The number of sulfonamides is 1. The Balaban J connectivity index is 2.28. The molecular formula is C8H9NO4S2. The van der Waals surface area contributed by atoms with Crippen LogP contribution in [0.5, 0.6) is 0 Å². The fourth-order valence-electron chi connectivity index (χ4n) is 1.42. The monoisotopic (exact) mass is 247 g/mol. The van der Waals surface area contributed by atoms with E-state index in [-0.39, 0.29) is 10.8 Å². The van der Waals surface area contributed by atoms with Gasteiger partial charge in [-0.15, -0.1) is 11.3 Å². The van der Waals surface area contributed by atoms with Crippen molar-refractivity contribution in [3.63, 3.8) is 0 Å². The average Bonchev–Trinajstić information content (AvgIpc) is 2.50. The molecule has 1 aromatic rings. The Morgan fingerprint density at radius 3 is 2.73 bits per heavy atom. The molecule has 0 aromatic carbocycles. The highest BCUT2D eigenvalue weighted by atomic mass is 32.2. The molecule has 2 heterocycles. The Kier molecular flexibility index (Phi) is 2.53. The van der Waals surface area contributed by atoms with Crippen LogP contribution >= 0.6 is 11.3 Å². The fourth-order valence-corrected chi connectivity index (χ4v) is 4.17. The topological polar surface area (TPSA) is 74.7 Å². The predicted molar refractivity (Wildman–Crippen MR) is 54.3 cm³/mol. The number of carbonyl (C=O) groups is 1. The highest BCUT2D eigenvalue weighted by Gasteiger charge is 2.43. The first kappa shape index (κ1) is 10.6. The van der Waals surface area contributed by atoms with Crippen molar-refractivity contribution in [2.45, 2.75) is 16.7 Å². The van der Waals surface area contributed by atoms with E-state index < -0.39 is 22.0 Å². The van der Waals surface area contributed by atoms with Gasteiger partial charge in [-0.2, -0.15) is 4.31 Å². The molecule has 0 amide bonds. The lowest BCUT2D eigenvalue weighted by molar-refractivity contribution is -0.144. The van der Waals surface area contributed by atoms with Gasteiger partial charge in [0.1, 0.15) is 10.3 Å². The van der Waals surface area contributed by atoms with Gasteiger partial charge in [0.05, 0.1) is 0 Å². The number of nitrogens with zero attached hydrogens (tertiary/aromatic N) is 1. The van der Waals surface area contributed by atoms with Crippen LogP contribution in [0.2, 0.25) is 0 Å². The number of carboxylic acid groups (broad SMARTS) is 1. The van der Waals surface area contributed by atoms with E-state index in [2.05, 4.69) is 0 Å². The lowest BCUT2D eigenvalue weighted by atomic mass is 10.1. The van der Waals surface area contributed by atoms with Crippen LogP contribution in [0.15, 0.2) is 21.7 Å². The summed E-state index contributed by atoms with van der Waals surface area (Å²) < 4.78 is 25.0. The second-order valence-corrected chi connectivity index (χ2v) is 6.26. The van der Waals surface area contributed by atoms with E-state index in [4.69, 9.17) is 5.11 Å². The molecular weight excluding hydrogens is 238 g/mol. The number of hydrogen-bond donors (Lipinski definition) is 1. The summed E-state index contributed by atoms with van der Waals surface area (Å²) in [7, 11) is -3.58. The van der Waals surface area contributed by atoms with E-state index in [0.29, 0.717) is 6.42 Å². The molecule has 1 saturated heterocycles. The second kappa shape index (κ2) is 3.58. The first-order valence-corrected chi connectivity index (χ1v) is 6.63. The first-order chi connectivity index (χ1) is 7.03. The maximum atomic E-state index is 11.9. The molecule has 0 spiro atoms. The van der Waals surface area contributed by atoms with Gasteiger partial charge in [0.25, 0.3) is 10.0 Å². The molecule has 1 unspecified atom stereocenters. The minimum atomic E-state index is -3.58. The lowest BCUT2D eigenvalue weighted by Gasteiger charge is -2.35. The number of thiophene rings is 1. The van der Waals surface area contributed by atoms with Gasteiger partial charge in [0.2, 0.25) is 0 Å². The molecule has 1 atom stereocenters. The zero-order valence-electron chi connectivity index (χ0n) is 7.66. The molecule has 5 nitrogen and oxygen atoms in total. The van der Waals surface area contributed by atoms with Gasteiger partial charge < -0.3 is 5.11 Å². The van der Waals surface area contributed by atoms with E-state index in [1.807, 2.05) is 0 Å². The second-order valence-electron chi connectivity index (χ2n) is 3.19. The van der Waals surface area contributed by atoms with Gasteiger partial charge in [-0.1, -0.05) is 6.07 Å². The van der Waals surface area contributed by atoms with Crippen molar-refractivity contribution < 1.29 is 18.3 Å². The maximum absolute atomic E-state index is 11.9. The zero-order valence-corrected chi connectivity index (χ0v) is 9.29. The summed E-state index contributed by atoms with van der Waals surface area (Å²) in [6.07, 6.45) is 0.389. The van der Waals surface area contributed by atoms with Crippen LogP contribution in [-0.4, -0.2) is 36.4 Å². The van der Waals surface area contributed by atoms with Gasteiger partial charge in [0, 0.05) is 6.54 Å². The van der Waals surface area contributed by atoms with E-state index in [0.717, 1.165) is 15.6 Å². The van der Waals surface area contributed by atoms with Gasteiger partial charge in [-0.3, -0.25) is 4.79 Å². The molecule has 0 aliphatic carbocycles. The SMILES string of the molecule is O=C(O)C1CCN1S(=O)(=O)c1cccs1. The highest BCUT2D eigenvalue weighted by molar-refractivity contribution is 7.91. The fraction of sp³-hybridized carbons (Fsp3) is 0.375. The molecule has 1 aromatic heterocycles. The minimum Gasteiger partial charge on any atom is -0.480 e. The van der Waals surface area contributed by atoms with Crippen LogP contribution in [-0.2, 0) is 14.8 Å². The Morgan fingerprint density at radius 1 is 1.60 bits per heavy atom. The summed E-state index contributed by atoms with van der Waals surface area (Å²) in [4.78, 5) is 10.7. The quantitative estimate of drug-likeness (QED) is 0.848. The third-order valence-electron chi connectivity index (χ3n) is 2.31. The van der Waals surface area contributed by atoms with Crippen molar-refractivity contribution in [3.8, 4) is 0 Å². The normalized spacial score (nSPS) is 22.3. The molecule has 15 heavy (non-hydrogen) atoms. The van der Waals surface area contributed by atoms with Gasteiger partial charge >= 0.3 is 5.97 Å². The molecule has 1 N–H and O–H groups in total. The number of hydrogen-bond acceptors (Lipinski definition) is 4. The molecule has 2 rings (SSSR count). The van der Waals surface area contributed by atoms with Gasteiger partial charge in [-0.05, 0) is 17.9 Å². The summed E-state index contributed by atoms with van der Waals surface area (Å²) in [6, 6.07) is 2.22. The van der Waals surface area contributed by atoms with E-state index in [1.54, 1.807) is 11.4 Å². The molecule has 1 fully saturated rings. The molecule has 1 aliphatic heterocycles. The summed E-state index contributed by atoms with van der Waals surface area (Å²) in [5, 5.41) is 10.4. The van der Waals surface area contributed by atoms with Crippen molar-refractivity contribution in [1.82, 2.24) is 4.31 Å². The van der Waals surface area contributed by atoms with Crippen LogP contribution in [0.25, 0.3) is 0 Å². The van der Waals surface area contributed by atoms with Crippen LogP contribution in [0.4, 0.5) is 0 Å². The number of aliphatic carboxylic acids is 1. The van der Waals surface area contributed by atoms with Crippen molar-refractivity contribution in [2.75, 3.05) is 6.54 Å². The van der Waals surface area contributed by atoms with Crippen molar-refractivity contribution in [1.29, 1.82) is 0 Å². The molecule has 7 heteroatoms. The minimum absolute atomic E-state index is 0.202. The summed E-state index contributed by atoms with van der Waals surface area (Å²) in [5.74, 6) is -1.08. The van der Waals surface area contributed by atoms with Crippen molar-refractivity contribution in [2.24, 2.45) is 0 Å². The molecule has 82 valence electrons. The maximum Gasteiger partial charge on any atom is 0.322 e. The predicted octanol–water partition coefficient (Wildman–Crippen LogP) is 0.596. The van der Waals surface area contributed by atoms with E-state index in [9.17, 15) is 13.2 Å². The highest BCUT2D eigenvalue weighted by Crippen LogP contribution is 2.29. The summed E-state index contributed by atoms with van der Waals surface area (Å²) in [6.45, 7) is 0.289. The lowest BCUT2D eigenvalue weighted by Crippen LogP contribution is -2.54. The Hall–Kier alpha value is -0.920. The van der Waals surface area contributed by atoms with Gasteiger partial charge in [0.15, 0.2) is 0 Å². The van der Waals surface area contributed by atoms with Crippen LogP contribution in [0, 0.1) is 0 Å². The molecule has 0 bridgehead atoms. The van der Waals surface area contributed by atoms with Crippen LogP contribution < -0.4 is 0 Å². The Labute approximate surface area is 91.0 Å². The Bertz CT molecular complexity index is 465. The smallest absolute Gasteiger partial charge is 0.322 e. The Morgan fingerprint density at radius 2 is 2.33 bits per heavy atom. The van der Waals surface area contributed by atoms with E-state index in [1.165, 1.54) is 6.07 Å². The standard InChI is InChI=1S/C8H9NO4S2/c10-8(11)6-3-4-9(6)15(12,13)7-2-1-5-14-7/h1-2,5-6H,3-4H2,(H,10,11). The van der Waals surface area contributed by atoms with Crippen molar-refractivity contribution >= 4 is 27.3 Å². The third kappa shape index (κ3) is 1.66. The largest absolute Gasteiger partial charge is 0.480 e. The number of rotatable bonds is 3. The first-order valence-electron chi connectivity index (χ1n) is 4.31. The van der Waals surface area contributed by atoms with E-state index >= 15 is 0 Å². The third-order valence-corrected chi connectivity index (χ3v) is 5.59.